The number of benzene rings is 1. The van der Waals surface area contributed by atoms with Crippen molar-refractivity contribution in [2.45, 2.75) is 63.7 Å². The van der Waals surface area contributed by atoms with Crippen LogP contribution in [0.25, 0.3) is 0 Å². The van der Waals surface area contributed by atoms with Crippen LogP contribution in [-0.4, -0.2) is 78.0 Å². The van der Waals surface area contributed by atoms with Gasteiger partial charge in [-0.3, -0.25) is 14.4 Å². The molecule has 0 saturated heterocycles. The molecule has 1 aromatic carbocycles. The molecule has 14 heteroatoms. The Kier molecular flexibility index (Phi) is 11.0. The van der Waals surface area contributed by atoms with Gasteiger partial charge >= 0.3 is 5.97 Å². The molecule has 2 aromatic heterocycles. The molecule has 0 aliphatic carbocycles. The minimum Gasteiger partial charge on any atom is -0.508 e. The molecule has 0 spiro atoms. The lowest BCUT2D eigenvalue weighted by Gasteiger charge is -2.26. The highest BCUT2D eigenvalue weighted by Crippen LogP contribution is 2.13. The number of hydrogen-bond donors (Lipinski definition) is 8. The molecule has 0 aliphatic heterocycles. The van der Waals surface area contributed by atoms with Gasteiger partial charge in [-0.15, -0.1) is 0 Å². The van der Waals surface area contributed by atoms with Gasteiger partial charge in [0.15, 0.2) is 0 Å². The predicted octanol–water partition coefficient (Wildman–Crippen LogP) is -0.221. The number of carboxylic acid groups (broad SMARTS) is 1. The van der Waals surface area contributed by atoms with Crippen LogP contribution in [0.15, 0.2) is 49.3 Å². The standard InChI is InChI=1S/C27H36N8O6/c1-3-15(2)23(27(40)41)35-26(39)21(8-16-4-6-19(36)7-5-16)34-25(38)22(10-18-12-30-14-32-18)33-24(37)20(28)9-17-11-29-13-31-17/h4-7,11-15,20-23,36H,3,8-10,28H2,1-2H3,(H,29,31)(H,30,32)(H,33,37)(H,34,38)(H,35,39)(H,40,41). The van der Waals surface area contributed by atoms with E-state index in [1.54, 1.807) is 19.1 Å². The zero-order valence-electron chi connectivity index (χ0n) is 22.8. The Balaban J connectivity index is 1.82. The van der Waals surface area contributed by atoms with Gasteiger partial charge in [-0.25, -0.2) is 14.8 Å². The fourth-order valence-corrected chi connectivity index (χ4v) is 4.12. The van der Waals surface area contributed by atoms with Crippen molar-refractivity contribution in [3.63, 3.8) is 0 Å². The molecular formula is C27H36N8O6. The summed E-state index contributed by atoms with van der Waals surface area (Å²) in [6.07, 6.45) is 6.61. The number of phenols is 1. The number of phenolic OH excluding ortho intramolecular Hbond substituents is 1. The zero-order chi connectivity index (χ0) is 29.9. The van der Waals surface area contributed by atoms with Gasteiger partial charge in [0.2, 0.25) is 17.7 Å². The van der Waals surface area contributed by atoms with Crippen molar-refractivity contribution in [1.29, 1.82) is 0 Å². The van der Waals surface area contributed by atoms with Crippen LogP contribution in [0, 0.1) is 5.92 Å². The fraction of sp³-hybridized carbons (Fsp3) is 0.407. The van der Waals surface area contributed by atoms with Crippen LogP contribution in [0.1, 0.15) is 37.2 Å². The van der Waals surface area contributed by atoms with Gasteiger partial charge in [0.25, 0.3) is 0 Å². The van der Waals surface area contributed by atoms with E-state index in [4.69, 9.17) is 5.73 Å². The molecule has 14 nitrogen and oxygen atoms in total. The molecule has 0 fully saturated rings. The monoisotopic (exact) mass is 568 g/mol. The first-order valence-electron chi connectivity index (χ1n) is 13.2. The number of aliphatic carboxylic acids is 1. The van der Waals surface area contributed by atoms with Crippen LogP contribution in [0.3, 0.4) is 0 Å². The van der Waals surface area contributed by atoms with Gasteiger partial charge in [0.05, 0.1) is 18.7 Å². The quantitative estimate of drug-likeness (QED) is 0.121. The number of aromatic nitrogens is 4. The molecule has 3 amide bonds. The first-order valence-corrected chi connectivity index (χ1v) is 13.2. The third-order valence-corrected chi connectivity index (χ3v) is 6.73. The molecule has 41 heavy (non-hydrogen) atoms. The van der Waals surface area contributed by atoms with E-state index in [9.17, 15) is 29.4 Å². The van der Waals surface area contributed by atoms with Gasteiger partial charge < -0.3 is 41.9 Å². The third kappa shape index (κ3) is 9.17. The Hall–Kier alpha value is -4.72. The first kappa shape index (κ1) is 30.8. The second-order valence-corrected chi connectivity index (χ2v) is 9.87. The number of hydrogen-bond acceptors (Lipinski definition) is 8. The molecule has 0 radical (unpaired) electrons. The Morgan fingerprint density at radius 1 is 0.854 bits per heavy atom. The van der Waals surface area contributed by atoms with Crippen LogP contribution in [-0.2, 0) is 38.4 Å². The van der Waals surface area contributed by atoms with E-state index in [1.165, 1.54) is 37.2 Å². The number of nitrogens with one attached hydrogen (secondary N) is 5. The van der Waals surface area contributed by atoms with Gasteiger partial charge in [-0.05, 0) is 23.6 Å². The average molecular weight is 569 g/mol. The summed E-state index contributed by atoms with van der Waals surface area (Å²) in [4.78, 5) is 65.3. The number of rotatable bonds is 15. The number of nitrogens with two attached hydrogens (primary N) is 1. The summed E-state index contributed by atoms with van der Waals surface area (Å²) in [6.45, 7) is 3.51. The Bertz CT molecular complexity index is 1280. The van der Waals surface area contributed by atoms with E-state index in [0.717, 1.165) is 0 Å². The summed E-state index contributed by atoms with van der Waals surface area (Å²) in [7, 11) is 0. The van der Waals surface area contributed by atoms with Gasteiger partial charge in [0.1, 0.15) is 23.9 Å². The molecule has 220 valence electrons. The molecule has 3 aromatic rings. The van der Waals surface area contributed by atoms with E-state index >= 15 is 0 Å². The number of aromatic amines is 2. The molecule has 0 saturated carbocycles. The summed E-state index contributed by atoms with van der Waals surface area (Å²) in [5.74, 6) is -3.53. The Morgan fingerprint density at radius 3 is 1.93 bits per heavy atom. The van der Waals surface area contributed by atoms with Crippen molar-refractivity contribution in [3.8, 4) is 5.75 Å². The van der Waals surface area contributed by atoms with Crippen LogP contribution in [0.5, 0.6) is 5.75 Å². The summed E-state index contributed by atoms with van der Waals surface area (Å²) in [5.41, 5.74) is 7.86. The number of imidazole rings is 2. The maximum Gasteiger partial charge on any atom is 0.326 e. The summed E-state index contributed by atoms with van der Waals surface area (Å²) >= 11 is 0. The van der Waals surface area contributed by atoms with E-state index in [1.807, 2.05) is 6.92 Å². The molecule has 9 N–H and O–H groups in total. The van der Waals surface area contributed by atoms with E-state index in [-0.39, 0.29) is 30.9 Å². The van der Waals surface area contributed by atoms with Crippen molar-refractivity contribution in [2.75, 3.05) is 0 Å². The average Bonchev–Trinajstić information content (AvgIpc) is 3.66. The lowest BCUT2D eigenvalue weighted by molar-refractivity contribution is -0.143. The molecule has 2 heterocycles. The van der Waals surface area contributed by atoms with E-state index < -0.39 is 47.9 Å². The number of aromatic hydroxyl groups is 1. The smallest absolute Gasteiger partial charge is 0.326 e. The maximum absolute atomic E-state index is 13.6. The first-order chi connectivity index (χ1) is 19.6. The SMILES string of the molecule is CCC(C)C(NC(=O)C(Cc1ccc(O)cc1)NC(=O)C(Cc1cnc[nH]1)NC(=O)C(N)Cc1cnc[nH]1)C(=O)O. The lowest BCUT2D eigenvalue weighted by Crippen LogP contribution is -2.58. The van der Waals surface area contributed by atoms with Gasteiger partial charge in [-0.1, -0.05) is 32.4 Å². The largest absolute Gasteiger partial charge is 0.508 e. The highest BCUT2D eigenvalue weighted by atomic mass is 16.4. The number of carbonyl (C=O) groups is 4. The minimum atomic E-state index is -1.20. The van der Waals surface area contributed by atoms with Crippen molar-refractivity contribution in [2.24, 2.45) is 11.7 Å². The highest BCUT2D eigenvalue weighted by Gasteiger charge is 2.32. The topological polar surface area (TPSA) is 228 Å². The highest BCUT2D eigenvalue weighted by molar-refractivity contribution is 5.94. The zero-order valence-corrected chi connectivity index (χ0v) is 22.8. The van der Waals surface area contributed by atoms with E-state index in [2.05, 4.69) is 35.9 Å². The lowest BCUT2D eigenvalue weighted by atomic mass is 9.98. The van der Waals surface area contributed by atoms with Gasteiger partial charge in [-0.2, -0.15) is 0 Å². The molecule has 3 rings (SSSR count). The van der Waals surface area contributed by atoms with Crippen LogP contribution in [0.2, 0.25) is 0 Å². The minimum absolute atomic E-state index is 0.00520. The molecule has 0 bridgehead atoms. The second kappa shape index (κ2) is 14.6. The molecule has 5 atom stereocenters. The summed E-state index contributed by atoms with van der Waals surface area (Å²) in [5, 5.41) is 27.2. The number of H-pyrrole nitrogens is 2. The van der Waals surface area contributed by atoms with Crippen molar-refractivity contribution < 1.29 is 29.4 Å². The summed E-state index contributed by atoms with van der Waals surface area (Å²) in [6, 6.07) is 1.55. The van der Waals surface area contributed by atoms with Crippen molar-refractivity contribution in [3.05, 3.63) is 66.3 Å². The fourth-order valence-electron chi connectivity index (χ4n) is 4.12. The number of nitrogens with zero attached hydrogens (tertiary/aromatic N) is 2. The van der Waals surface area contributed by atoms with Crippen molar-refractivity contribution >= 4 is 23.7 Å². The molecule has 0 aliphatic rings. The predicted molar refractivity (Wildman–Crippen MR) is 147 cm³/mol. The number of carboxylic acids is 1. The van der Waals surface area contributed by atoms with Crippen LogP contribution in [0.4, 0.5) is 0 Å². The van der Waals surface area contributed by atoms with Crippen LogP contribution >= 0.6 is 0 Å². The van der Waals surface area contributed by atoms with E-state index in [0.29, 0.717) is 23.4 Å². The molecular weight excluding hydrogens is 532 g/mol. The Labute approximate surface area is 236 Å². The Morgan fingerprint density at radius 2 is 1.39 bits per heavy atom. The summed E-state index contributed by atoms with van der Waals surface area (Å²) < 4.78 is 0. The second-order valence-electron chi connectivity index (χ2n) is 9.87. The van der Waals surface area contributed by atoms with Crippen LogP contribution < -0.4 is 21.7 Å². The van der Waals surface area contributed by atoms with Crippen molar-refractivity contribution in [1.82, 2.24) is 35.9 Å². The third-order valence-electron chi connectivity index (χ3n) is 6.73. The molecule has 5 unspecified atom stereocenters. The number of amides is 3. The maximum atomic E-state index is 13.6. The number of carbonyl (C=O) groups excluding carboxylic acids is 3. The van der Waals surface area contributed by atoms with Gasteiger partial charge in [0, 0.05) is 43.0 Å². The normalized spacial score (nSPS) is 14.7.